The Morgan fingerprint density at radius 3 is 2.88 bits per heavy atom. The number of alkyl halides is 3. The van der Waals surface area contributed by atoms with Gasteiger partial charge in [-0.3, -0.25) is 9.69 Å². The average molecular weight is 369 g/mol. The van der Waals surface area contributed by atoms with E-state index in [1.165, 1.54) is 16.5 Å². The van der Waals surface area contributed by atoms with Crippen LogP contribution in [-0.4, -0.2) is 23.9 Å². The topological polar surface area (TPSA) is 58.4 Å². The van der Waals surface area contributed by atoms with Gasteiger partial charge in [0.05, 0.1) is 5.56 Å². The Hall–Kier alpha value is -2.06. The van der Waals surface area contributed by atoms with E-state index in [0.29, 0.717) is 6.54 Å². The Kier molecular flexibility index (Phi) is 5.01. The maximum atomic E-state index is 12.9. The van der Waals surface area contributed by atoms with Crippen LogP contribution in [0.25, 0.3) is 0 Å². The molecule has 1 amide bonds. The Morgan fingerprint density at radius 2 is 2.12 bits per heavy atom. The Bertz CT molecular complexity index is 773. The van der Waals surface area contributed by atoms with Crippen LogP contribution in [0, 0.1) is 0 Å². The number of nitrogen functional groups attached to an aromatic ring is 1. The number of nitrogens with one attached hydrogen (secondary N) is 1. The molecule has 0 bridgehead atoms. The first-order valence-electron chi connectivity index (χ1n) is 7.87. The lowest BCUT2D eigenvalue weighted by molar-refractivity contribution is -0.136. The quantitative estimate of drug-likeness (QED) is 0.808. The number of thiophene rings is 1. The third kappa shape index (κ3) is 4.32. The lowest BCUT2D eigenvalue weighted by Gasteiger charge is -2.26. The molecule has 1 aromatic carbocycles. The molecule has 0 fully saturated rings. The number of benzene rings is 1. The minimum Gasteiger partial charge on any atom is -0.398 e. The third-order valence-corrected chi connectivity index (χ3v) is 5.21. The van der Waals surface area contributed by atoms with Gasteiger partial charge in [0.1, 0.15) is 0 Å². The molecule has 0 atom stereocenters. The second-order valence-electron chi connectivity index (χ2n) is 5.99. The number of carbonyl (C=O) groups excluding carboxylic acids is 1. The van der Waals surface area contributed by atoms with Crippen LogP contribution < -0.4 is 11.1 Å². The molecule has 0 saturated carbocycles. The van der Waals surface area contributed by atoms with Crippen LogP contribution >= 0.6 is 11.3 Å². The molecule has 25 heavy (non-hydrogen) atoms. The number of carbonyl (C=O) groups is 1. The van der Waals surface area contributed by atoms with Crippen molar-refractivity contribution < 1.29 is 18.0 Å². The number of anilines is 2. The first-order chi connectivity index (χ1) is 11.8. The molecular formula is C17H18F3N3OS. The molecule has 134 valence electrons. The number of nitrogens with zero attached hydrogens (tertiary/aromatic N) is 1. The number of hydrogen-bond acceptors (Lipinski definition) is 4. The SMILES string of the molecule is Nc1ccc(NC(=O)CCN2CCc3sccc3C2)cc1C(F)(F)F. The van der Waals surface area contributed by atoms with E-state index in [1.807, 2.05) is 0 Å². The predicted octanol–water partition coefficient (Wildman–Crippen LogP) is 3.74. The zero-order chi connectivity index (χ0) is 18.0. The van der Waals surface area contributed by atoms with Crippen molar-refractivity contribution in [2.24, 2.45) is 0 Å². The van der Waals surface area contributed by atoms with Crippen molar-refractivity contribution in [3.8, 4) is 0 Å². The first kappa shape index (κ1) is 17.8. The number of halogens is 3. The predicted molar refractivity (Wildman–Crippen MR) is 92.4 cm³/mol. The Labute approximate surface area is 147 Å². The lowest BCUT2D eigenvalue weighted by Crippen LogP contribution is -2.32. The van der Waals surface area contributed by atoms with Crippen molar-refractivity contribution in [1.82, 2.24) is 4.90 Å². The van der Waals surface area contributed by atoms with E-state index in [9.17, 15) is 18.0 Å². The van der Waals surface area contributed by atoms with Gasteiger partial charge in [-0.15, -0.1) is 11.3 Å². The van der Waals surface area contributed by atoms with E-state index in [0.717, 1.165) is 31.6 Å². The van der Waals surface area contributed by atoms with Crippen LogP contribution in [-0.2, 0) is 23.9 Å². The first-order valence-corrected chi connectivity index (χ1v) is 8.75. The van der Waals surface area contributed by atoms with E-state index in [4.69, 9.17) is 5.73 Å². The summed E-state index contributed by atoms with van der Waals surface area (Å²) >= 11 is 1.75. The van der Waals surface area contributed by atoms with Gasteiger partial charge in [0.2, 0.25) is 5.91 Å². The second kappa shape index (κ2) is 7.05. The smallest absolute Gasteiger partial charge is 0.398 e. The Morgan fingerprint density at radius 1 is 1.32 bits per heavy atom. The van der Waals surface area contributed by atoms with E-state index in [2.05, 4.69) is 21.7 Å². The Balaban J connectivity index is 1.55. The van der Waals surface area contributed by atoms with E-state index < -0.39 is 11.7 Å². The van der Waals surface area contributed by atoms with Gasteiger partial charge in [0.25, 0.3) is 0 Å². The van der Waals surface area contributed by atoms with E-state index in [1.54, 1.807) is 11.3 Å². The minimum absolute atomic E-state index is 0.102. The number of nitrogens with two attached hydrogens (primary N) is 1. The molecule has 8 heteroatoms. The maximum Gasteiger partial charge on any atom is 0.418 e. The van der Waals surface area contributed by atoms with Crippen molar-refractivity contribution in [3.63, 3.8) is 0 Å². The van der Waals surface area contributed by atoms with Crippen LogP contribution in [0.1, 0.15) is 22.4 Å². The summed E-state index contributed by atoms with van der Waals surface area (Å²) in [6.07, 6.45) is -3.34. The molecule has 0 aliphatic carbocycles. The van der Waals surface area contributed by atoms with Crippen LogP contribution in [0.2, 0.25) is 0 Å². The summed E-state index contributed by atoms with van der Waals surface area (Å²) in [6, 6.07) is 5.49. The molecule has 0 saturated heterocycles. The number of hydrogen-bond donors (Lipinski definition) is 2. The van der Waals surface area contributed by atoms with Gasteiger partial charge in [-0.1, -0.05) is 0 Å². The molecule has 2 aromatic rings. The molecule has 0 spiro atoms. The number of amides is 1. The van der Waals surface area contributed by atoms with Crippen molar-refractivity contribution in [2.45, 2.75) is 25.6 Å². The monoisotopic (exact) mass is 369 g/mol. The summed E-state index contributed by atoms with van der Waals surface area (Å²) in [7, 11) is 0. The van der Waals surface area contributed by atoms with Gasteiger partial charge in [0, 0.05) is 42.3 Å². The number of rotatable bonds is 4. The summed E-state index contributed by atoms with van der Waals surface area (Å²) < 4.78 is 38.6. The summed E-state index contributed by atoms with van der Waals surface area (Å²) in [5, 5.41) is 4.59. The fraction of sp³-hybridized carbons (Fsp3) is 0.353. The zero-order valence-corrected chi connectivity index (χ0v) is 14.2. The molecule has 3 rings (SSSR count). The molecule has 1 aliphatic heterocycles. The van der Waals surface area contributed by atoms with Crippen LogP contribution in [0.3, 0.4) is 0 Å². The molecule has 1 aliphatic rings. The molecule has 3 N–H and O–H groups in total. The summed E-state index contributed by atoms with van der Waals surface area (Å²) in [4.78, 5) is 15.6. The highest BCUT2D eigenvalue weighted by atomic mass is 32.1. The van der Waals surface area contributed by atoms with Crippen molar-refractivity contribution in [2.75, 3.05) is 24.1 Å². The zero-order valence-electron chi connectivity index (χ0n) is 13.4. The minimum atomic E-state index is -4.54. The highest BCUT2D eigenvalue weighted by Crippen LogP contribution is 2.35. The van der Waals surface area contributed by atoms with Crippen molar-refractivity contribution in [3.05, 3.63) is 45.6 Å². The van der Waals surface area contributed by atoms with Crippen molar-refractivity contribution >= 4 is 28.6 Å². The second-order valence-corrected chi connectivity index (χ2v) is 6.99. The fourth-order valence-electron chi connectivity index (χ4n) is 2.86. The van der Waals surface area contributed by atoms with Crippen LogP contribution in [0.4, 0.5) is 24.5 Å². The lowest BCUT2D eigenvalue weighted by atomic mass is 10.1. The van der Waals surface area contributed by atoms with Crippen LogP contribution in [0.5, 0.6) is 0 Å². The summed E-state index contributed by atoms with van der Waals surface area (Å²) in [5.41, 5.74) is 5.46. The maximum absolute atomic E-state index is 12.9. The molecule has 0 radical (unpaired) electrons. The molecule has 0 unspecified atom stereocenters. The van der Waals surface area contributed by atoms with Gasteiger partial charge < -0.3 is 11.1 Å². The summed E-state index contributed by atoms with van der Waals surface area (Å²) in [6.45, 7) is 2.27. The largest absolute Gasteiger partial charge is 0.418 e. The standard InChI is InChI=1S/C17H18F3N3OS/c18-17(19,20)13-9-12(1-2-14(13)21)22-16(24)4-7-23-6-3-15-11(10-23)5-8-25-15/h1-2,5,8-9H,3-4,6-7,10,21H2,(H,22,24). The molecule has 4 nitrogen and oxygen atoms in total. The van der Waals surface area contributed by atoms with Crippen molar-refractivity contribution in [1.29, 1.82) is 0 Å². The fourth-order valence-corrected chi connectivity index (χ4v) is 3.75. The van der Waals surface area contributed by atoms with Gasteiger partial charge >= 0.3 is 6.18 Å². The number of fused-ring (bicyclic) bond motifs is 1. The summed E-state index contributed by atoms with van der Waals surface area (Å²) in [5.74, 6) is -0.311. The highest BCUT2D eigenvalue weighted by molar-refractivity contribution is 7.10. The van der Waals surface area contributed by atoms with Gasteiger partial charge in [-0.05, 0) is 41.6 Å². The highest BCUT2D eigenvalue weighted by Gasteiger charge is 2.33. The molecule has 2 heterocycles. The molecular weight excluding hydrogens is 351 g/mol. The van der Waals surface area contributed by atoms with Gasteiger partial charge in [-0.25, -0.2) is 0 Å². The molecule has 1 aromatic heterocycles. The average Bonchev–Trinajstić information content (AvgIpc) is 3.01. The normalized spacial score (nSPS) is 15.0. The van der Waals surface area contributed by atoms with Crippen LogP contribution in [0.15, 0.2) is 29.6 Å². The van der Waals surface area contributed by atoms with E-state index >= 15 is 0 Å². The van der Waals surface area contributed by atoms with Gasteiger partial charge in [-0.2, -0.15) is 13.2 Å². The van der Waals surface area contributed by atoms with E-state index in [-0.39, 0.29) is 23.7 Å². The van der Waals surface area contributed by atoms with Gasteiger partial charge in [0.15, 0.2) is 0 Å². The third-order valence-electron chi connectivity index (χ3n) is 4.18.